The molecule has 1 saturated heterocycles. The zero-order valence-electron chi connectivity index (χ0n) is 14.2. The molecule has 27 heavy (non-hydrogen) atoms. The van der Waals surface area contributed by atoms with Gasteiger partial charge in [0.25, 0.3) is 12.0 Å². The van der Waals surface area contributed by atoms with Gasteiger partial charge in [0.1, 0.15) is 5.82 Å². The van der Waals surface area contributed by atoms with Gasteiger partial charge in [-0.3, -0.25) is 9.36 Å². The van der Waals surface area contributed by atoms with Crippen molar-refractivity contribution in [3.05, 3.63) is 57.3 Å². The number of halogens is 3. The average molecular weight is 436 g/mol. The highest BCUT2D eigenvalue weighted by atomic mass is 79.9. The summed E-state index contributed by atoms with van der Waals surface area (Å²) >= 11 is 3.30. The van der Waals surface area contributed by atoms with Crippen LogP contribution in [0.25, 0.3) is 10.9 Å². The van der Waals surface area contributed by atoms with Crippen molar-refractivity contribution in [2.45, 2.75) is 31.9 Å². The lowest BCUT2D eigenvalue weighted by Crippen LogP contribution is -2.34. The number of benzene rings is 1. The van der Waals surface area contributed by atoms with Crippen LogP contribution >= 0.6 is 15.9 Å². The van der Waals surface area contributed by atoms with Gasteiger partial charge in [-0.05, 0) is 40.9 Å². The normalized spacial score (nSPS) is 17.2. The third-order valence-electron chi connectivity index (χ3n) is 4.63. The molecule has 1 aliphatic heterocycles. The fourth-order valence-corrected chi connectivity index (χ4v) is 3.69. The van der Waals surface area contributed by atoms with Gasteiger partial charge < -0.3 is 4.90 Å². The molecule has 0 amide bonds. The fourth-order valence-electron chi connectivity index (χ4n) is 3.48. The first-order chi connectivity index (χ1) is 13.0. The summed E-state index contributed by atoms with van der Waals surface area (Å²) in [5, 5.41) is 0.339. The van der Waals surface area contributed by atoms with Crippen LogP contribution in [0, 0.1) is 0 Å². The molecule has 3 aromatic rings. The first-order valence-corrected chi connectivity index (χ1v) is 9.35. The molecule has 0 saturated carbocycles. The highest BCUT2D eigenvalue weighted by Crippen LogP contribution is 2.34. The Bertz CT molecular complexity index is 1020. The van der Waals surface area contributed by atoms with Crippen LogP contribution in [0.15, 0.2) is 45.9 Å². The van der Waals surface area contributed by atoms with Crippen LogP contribution in [-0.4, -0.2) is 32.5 Å². The summed E-state index contributed by atoms with van der Waals surface area (Å²) in [6, 6.07) is 6.49. The molecular weight excluding hydrogens is 420 g/mol. The molecule has 0 N–H and O–H groups in total. The van der Waals surface area contributed by atoms with Crippen LogP contribution in [0.4, 0.5) is 14.7 Å². The number of hydrogen-bond donors (Lipinski definition) is 0. The fraction of sp³-hybridized carbons (Fsp3) is 0.333. The first kappa shape index (κ1) is 18.0. The predicted octanol–water partition coefficient (Wildman–Crippen LogP) is 3.56. The number of hydrogen-bond acceptors (Lipinski definition) is 5. The molecule has 0 radical (unpaired) electrons. The summed E-state index contributed by atoms with van der Waals surface area (Å²) in [5.74, 6) is 0.828. The quantitative estimate of drug-likeness (QED) is 0.626. The van der Waals surface area contributed by atoms with Crippen LogP contribution in [0.2, 0.25) is 0 Å². The molecule has 1 fully saturated rings. The van der Waals surface area contributed by atoms with E-state index in [4.69, 9.17) is 0 Å². The maximum atomic E-state index is 13.2. The number of alkyl halides is 2. The molecule has 1 aliphatic rings. The van der Waals surface area contributed by atoms with Crippen LogP contribution in [0.3, 0.4) is 0 Å². The molecular formula is C18H16BrF2N5O. The lowest BCUT2D eigenvalue weighted by molar-refractivity contribution is 0.123. The molecule has 3 heterocycles. The second kappa shape index (κ2) is 7.30. The Morgan fingerprint density at radius 2 is 1.96 bits per heavy atom. The second-order valence-corrected chi connectivity index (χ2v) is 7.26. The Labute approximate surface area is 162 Å². The highest BCUT2D eigenvalue weighted by Gasteiger charge is 2.32. The second-order valence-electron chi connectivity index (χ2n) is 6.35. The molecule has 1 atom stereocenters. The van der Waals surface area contributed by atoms with E-state index in [9.17, 15) is 13.6 Å². The van der Waals surface area contributed by atoms with E-state index in [-0.39, 0.29) is 6.04 Å². The molecule has 9 heteroatoms. The number of anilines is 1. The number of fused-ring (bicyclic) bond motifs is 1. The maximum absolute atomic E-state index is 13.2. The van der Waals surface area contributed by atoms with Crippen molar-refractivity contribution in [3.63, 3.8) is 0 Å². The Balaban J connectivity index is 1.86. The minimum atomic E-state index is -2.65. The van der Waals surface area contributed by atoms with Crippen molar-refractivity contribution in [2.24, 2.45) is 0 Å². The highest BCUT2D eigenvalue weighted by molar-refractivity contribution is 9.10. The van der Waals surface area contributed by atoms with Crippen LogP contribution in [0.5, 0.6) is 0 Å². The van der Waals surface area contributed by atoms with Crippen molar-refractivity contribution >= 4 is 32.8 Å². The predicted molar refractivity (Wildman–Crippen MR) is 101 cm³/mol. The van der Waals surface area contributed by atoms with E-state index in [0.29, 0.717) is 35.6 Å². The Hall–Kier alpha value is -2.42. The minimum Gasteiger partial charge on any atom is -0.331 e. The van der Waals surface area contributed by atoms with Crippen molar-refractivity contribution in [1.29, 1.82) is 0 Å². The van der Waals surface area contributed by atoms with E-state index in [1.807, 2.05) is 4.90 Å². The molecule has 4 rings (SSSR count). The van der Waals surface area contributed by atoms with Gasteiger partial charge in [-0.25, -0.2) is 23.7 Å². The van der Waals surface area contributed by atoms with Gasteiger partial charge in [-0.15, -0.1) is 0 Å². The zero-order valence-corrected chi connectivity index (χ0v) is 15.8. The molecule has 140 valence electrons. The molecule has 2 aromatic heterocycles. The zero-order chi connectivity index (χ0) is 19.0. The number of aromatic nitrogens is 4. The standard InChI is InChI=1S/C18H16BrF2N5O/c19-11-8-22-18(23-9-11)25-7-3-6-14(25)16-24-13-5-2-1-4-12(13)17(27)26(16)10-15(20)21/h1-2,4-5,8-9,14-15H,3,6-7,10H2. The molecule has 1 aromatic carbocycles. The summed E-state index contributed by atoms with van der Waals surface area (Å²) in [6.45, 7) is -0.0127. The van der Waals surface area contributed by atoms with Crippen LogP contribution in [0.1, 0.15) is 24.7 Å². The van der Waals surface area contributed by atoms with Crippen molar-refractivity contribution in [1.82, 2.24) is 19.5 Å². The Kier molecular flexibility index (Phi) is 4.86. The van der Waals surface area contributed by atoms with Gasteiger partial charge in [0, 0.05) is 18.9 Å². The third kappa shape index (κ3) is 3.43. The average Bonchev–Trinajstić information content (AvgIpc) is 3.14. The van der Waals surface area contributed by atoms with E-state index >= 15 is 0 Å². The van der Waals surface area contributed by atoms with Gasteiger partial charge in [0.15, 0.2) is 0 Å². The summed E-state index contributed by atoms with van der Waals surface area (Å²) in [5.41, 5.74) is 0.0612. The molecule has 6 nitrogen and oxygen atoms in total. The van der Waals surface area contributed by atoms with E-state index in [2.05, 4.69) is 30.9 Å². The van der Waals surface area contributed by atoms with Gasteiger partial charge in [0.2, 0.25) is 5.95 Å². The van der Waals surface area contributed by atoms with Crippen molar-refractivity contribution < 1.29 is 8.78 Å². The lowest BCUT2D eigenvalue weighted by Gasteiger charge is -2.26. The summed E-state index contributed by atoms with van der Waals surface area (Å²) < 4.78 is 28.3. The topological polar surface area (TPSA) is 63.9 Å². The van der Waals surface area contributed by atoms with Crippen molar-refractivity contribution in [2.75, 3.05) is 11.4 Å². The van der Waals surface area contributed by atoms with Crippen LogP contribution < -0.4 is 10.5 Å². The van der Waals surface area contributed by atoms with E-state index in [1.165, 1.54) is 0 Å². The van der Waals surface area contributed by atoms with E-state index in [1.54, 1.807) is 36.7 Å². The maximum Gasteiger partial charge on any atom is 0.261 e. The van der Waals surface area contributed by atoms with Gasteiger partial charge >= 0.3 is 0 Å². The van der Waals surface area contributed by atoms with Gasteiger partial charge in [-0.2, -0.15) is 0 Å². The molecule has 1 unspecified atom stereocenters. The summed E-state index contributed by atoms with van der Waals surface area (Å²) in [4.78, 5) is 28.0. The summed E-state index contributed by atoms with van der Waals surface area (Å²) in [7, 11) is 0. The van der Waals surface area contributed by atoms with E-state index in [0.717, 1.165) is 15.5 Å². The monoisotopic (exact) mass is 435 g/mol. The first-order valence-electron chi connectivity index (χ1n) is 8.56. The largest absolute Gasteiger partial charge is 0.331 e. The SMILES string of the molecule is O=c1c2ccccc2nc(C2CCCN2c2ncc(Br)cn2)n1CC(F)F. The summed E-state index contributed by atoms with van der Waals surface area (Å²) in [6.07, 6.45) is 2.15. The Morgan fingerprint density at radius 1 is 1.22 bits per heavy atom. The number of rotatable bonds is 4. The van der Waals surface area contributed by atoms with Crippen molar-refractivity contribution in [3.8, 4) is 0 Å². The minimum absolute atomic E-state index is 0.331. The van der Waals surface area contributed by atoms with Crippen LogP contribution in [-0.2, 0) is 6.54 Å². The lowest BCUT2D eigenvalue weighted by atomic mass is 10.1. The van der Waals surface area contributed by atoms with Gasteiger partial charge in [0.05, 0.1) is 28.0 Å². The smallest absolute Gasteiger partial charge is 0.261 e. The number of para-hydroxylation sites is 1. The third-order valence-corrected chi connectivity index (χ3v) is 5.04. The molecule has 0 spiro atoms. The Morgan fingerprint density at radius 3 is 2.70 bits per heavy atom. The van der Waals surface area contributed by atoms with E-state index < -0.39 is 18.5 Å². The van der Waals surface area contributed by atoms with Gasteiger partial charge in [-0.1, -0.05) is 12.1 Å². The molecule has 0 bridgehead atoms. The number of nitrogens with zero attached hydrogens (tertiary/aromatic N) is 5. The molecule has 0 aliphatic carbocycles.